The number of piperidine rings is 1. The number of carbonyl (C=O) groups excluding carboxylic acids is 2. The molecule has 0 spiro atoms. The van der Waals surface area contributed by atoms with Crippen LogP contribution < -0.4 is 16.6 Å². The monoisotopic (exact) mass is 618 g/mol. The summed E-state index contributed by atoms with van der Waals surface area (Å²) >= 11 is 1.72. The third-order valence-corrected chi connectivity index (χ3v) is 8.66. The Morgan fingerprint density at radius 3 is 2.42 bits per heavy atom. The number of hydrogen-bond acceptors (Lipinski definition) is 7. The van der Waals surface area contributed by atoms with Gasteiger partial charge in [-0.2, -0.15) is 11.8 Å². The molecule has 0 bridgehead atoms. The first kappa shape index (κ1) is 32.3. The first-order valence-electron chi connectivity index (χ1n) is 14.4. The molecule has 3 heterocycles. The fourth-order valence-electron chi connectivity index (χ4n) is 5.26. The van der Waals surface area contributed by atoms with Crippen LogP contribution in [-0.2, 0) is 4.74 Å². The molecular formula is C30H40F2N6O4S. The van der Waals surface area contributed by atoms with Gasteiger partial charge in [0.05, 0.1) is 11.4 Å². The predicted molar refractivity (Wildman–Crippen MR) is 166 cm³/mol. The third-order valence-electron chi connectivity index (χ3n) is 7.71. The molecule has 2 amide bonds. The topological polar surface area (TPSA) is 133 Å². The average molecular weight is 619 g/mol. The summed E-state index contributed by atoms with van der Waals surface area (Å²) in [5, 5.41) is 3.49. The van der Waals surface area contributed by atoms with Gasteiger partial charge in [-0.3, -0.25) is 9.59 Å². The van der Waals surface area contributed by atoms with Crippen molar-refractivity contribution in [3.8, 4) is 0 Å². The number of aliphatic imine (C=N–C) groups is 1. The Morgan fingerprint density at radius 1 is 1.14 bits per heavy atom. The molecule has 2 aromatic rings. The molecule has 4 N–H and O–H groups in total. The van der Waals surface area contributed by atoms with Gasteiger partial charge in [0.15, 0.2) is 0 Å². The third kappa shape index (κ3) is 7.87. The van der Waals surface area contributed by atoms with Crippen LogP contribution in [0.25, 0.3) is 0 Å². The van der Waals surface area contributed by atoms with E-state index in [4.69, 9.17) is 10.5 Å². The van der Waals surface area contributed by atoms with E-state index in [0.717, 1.165) is 17.6 Å². The van der Waals surface area contributed by atoms with Crippen molar-refractivity contribution < 1.29 is 23.1 Å². The molecule has 0 atom stereocenters. The van der Waals surface area contributed by atoms with Gasteiger partial charge in [-0.05, 0) is 64.3 Å². The number of likely N-dealkylation sites (tertiary alicyclic amines) is 1. The average Bonchev–Trinajstić information content (AvgIpc) is 2.96. The maximum Gasteiger partial charge on any atom is 0.410 e. The predicted octanol–water partition coefficient (Wildman–Crippen LogP) is 5.13. The van der Waals surface area contributed by atoms with E-state index >= 15 is 0 Å². The van der Waals surface area contributed by atoms with Crippen LogP contribution in [0.3, 0.4) is 0 Å². The number of halogens is 2. The number of alkyl halides is 2. The highest BCUT2D eigenvalue weighted by atomic mass is 32.2. The number of hydrogen-bond donors (Lipinski definition) is 3. The molecule has 234 valence electrons. The number of nitrogens with zero attached hydrogens (tertiary/aromatic N) is 3. The van der Waals surface area contributed by atoms with Gasteiger partial charge in [0, 0.05) is 60.5 Å². The van der Waals surface area contributed by atoms with E-state index < -0.39 is 34.6 Å². The highest BCUT2D eigenvalue weighted by Crippen LogP contribution is 2.33. The van der Waals surface area contributed by atoms with Gasteiger partial charge in [-0.25, -0.2) is 18.6 Å². The van der Waals surface area contributed by atoms with Gasteiger partial charge >= 0.3 is 6.09 Å². The fraction of sp³-hybridized carbons (Fsp3) is 0.533. The van der Waals surface area contributed by atoms with Crippen LogP contribution in [0.15, 0.2) is 40.2 Å². The van der Waals surface area contributed by atoms with Crippen molar-refractivity contribution in [2.24, 2.45) is 10.7 Å². The quantitative estimate of drug-likeness (QED) is 0.289. The number of H-pyrrole nitrogens is 1. The Labute approximate surface area is 254 Å². The maximum atomic E-state index is 14.1. The molecule has 13 heteroatoms. The summed E-state index contributed by atoms with van der Waals surface area (Å²) in [6.45, 7) is 9.44. The van der Waals surface area contributed by atoms with Crippen LogP contribution >= 0.6 is 11.8 Å². The van der Waals surface area contributed by atoms with Gasteiger partial charge in [0.2, 0.25) is 0 Å². The Kier molecular flexibility index (Phi) is 10.0. The van der Waals surface area contributed by atoms with Crippen molar-refractivity contribution in [2.75, 3.05) is 43.0 Å². The molecule has 0 saturated carbocycles. The number of benzene rings is 1. The number of amides is 2. The molecule has 10 nitrogen and oxygen atoms in total. The number of amidine groups is 1. The van der Waals surface area contributed by atoms with Gasteiger partial charge in [-0.1, -0.05) is 6.92 Å². The molecule has 1 aromatic carbocycles. The number of nitrogens with one attached hydrogen (secondary N) is 2. The summed E-state index contributed by atoms with van der Waals surface area (Å²) in [4.78, 5) is 48.7. The summed E-state index contributed by atoms with van der Waals surface area (Å²) in [5.74, 6) is 0.928. The van der Waals surface area contributed by atoms with E-state index in [1.807, 2.05) is 27.7 Å². The first-order valence-corrected chi connectivity index (χ1v) is 15.6. The molecule has 0 radical (unpaired) electrons. The SMILES string of the molecule is CCC1(Nc2cc[nH]c(=O)c2C(N)=Nc2ccc(C(=O)N3CCSCC3)c(C(F)F)c2)CCN(C(=O)OC(C)(C)C)CC1. The summed E-state index contributed by atoms with van der Waals surface area (Å²) in [6.07, 6.45) is 0.152. The van der Waals surface area contributed by atoms with E-state index in [9.17, 15) is 23.2 Å². The summed E-state index contributed by atoms with van der Waals surface area (Å²) in [5.41, 5.74) is 4.94. The second kappa shape index (κ2) is 13.4. The minimum atomic E-state index is -2.90. The van der Waals surface area contributed by atoms with Crippen molar-refractivity contribution in [1.82, 2.24) is 14.8 Å². The van der Waals surface area contributed by atoms with Crippen molar-refractivity contribution in [3.05, 3.63) is 57.5 Å². The summed E-state index contributed by atoms with van der Waals surface area (Å²) in [6, 6.07) is 5.62. The van der Waals surface area contributed by atoms with Crippen LogP contribution in [-0.4, -0.2) is 81.4 Å². The number of carbonyl (C=O) groups is 2. The lowest BCUT2D eigenvalue weighted by Gasteiger charge is -2.43. The number of nitrogens with two attached hydrogens (primary N) is 1. The van der Waals surface area contributed by atoms with Crippen LogP contribution in [0, 0.1) is 0 Å². The number of aromatic nitrogens is 1. The highest BCUT2D eigenvalue weighted by Gasteiger charge is 2.36. The van der Waals surface area contributed by atoms with Crippen molar-refractivity contribution >= 4 is 41.0 Å². The molecule has 2 aliphatic rings. The van der Waals surface area contributed by atoms with E-state index in [1.54, 1.807) is 27.6 Å². The number of ether oxygens (including phenoxy) is 1. The second-order valence-corrected chi connectivity index (χ2v) is 13.0. The molecule has 1 aromatic heterocycles. The number of thioether (sulfide) groups is 1. The lowest BCUT2D eigenvalue weighted by molar-refractivity contribution is 0.0176. The number of aromatic amines is 1. The smallest absolute Gasteiger partial charge is 0.410 e. The molecule has 0 unspecified atom stereocenters. The molecule has 0 aliphatic carbocycles. The largest absolute Gasteiger partial charge is 0.444 e. The Hall–Kier alpha value is -3.61. The van der Waals surface area contributed by atoms with Crippen molar-refractivity contribution in [1.29, 1.82) is 0 Å². The molecule has 4 rings (SSSR count). The van der Waals surface area contributed by atoms with Gasteiger partial charge in [0.1, 0.15) is 17.0 Å². The van der Waals surface area contributed by atoms with Crippen molar-refractivity contribution in [2.45, 2.75) is 64.5 Å². The number of rotatable bonds is 7. The molecule has 43 heavy (non-hydrogen) atoms. The van der Waals surface area contributed by atoms with Crippen LogP contribution in [0.4, 0.5) is 25.0 Å². The van der Waals surface area contributed by atoms with E-state index in [-0.39, 0.29) is 28.7 Å². The van der Waals surface area contributed by atoms with Gasteiger partial charge in [-0.15, -0.1) is 0 Å². The Morgan fingerprint density at radius 2 is 1.81 bits per heavy atom. The highest BCUT2D eigenvalue weighted by molar-refractivity contribution is 7.99. The first-order chi connectivity index (χ1) is 20.3. The molecule has 2 aliphatic heterocycles. The summed E-state index contributed by atoms with van der Waals surface area (Å²) < 4.78 is 33.7. The summed E-state index contributed by atoms with van der Waals surface area (Å²) in [7, 11) is 0. The van der Waals surface area contributed by atoms with Gasteiger partial charge < -0.3 is 30.6 Å². The van der Waals surface area contributed by atoms with Crippen molar-refractivity contribution in [3.63, 3.8) is 0 Å². The fourth-order valence-corrected chi connectivity index (χ4v) is 6.16. The Bertz CT molecular complexity index is 1410. The van der Waals surface area contributed by atoms with E-state index in [2.05, 4.69) is 15.3 Å². The molecular weight excluding hydrogens is 578 g/mol. The zero-order chi connectivity index (χ0) is 31.4. The lowest BCUT2D eigenvalue weighted by atomic mass is 9.84. The van der Waals surface area contributed by atoms with Gasteiger partial charge in [0.25, 0.3) is 17.9 Å². The Balaban J connectivity index is 1.58. The second-order valence-electron chi connectivity index (χ2n) is 11.8. The number of pyridine rings is 1. The normalized spacial score (nSPS) is 17.6. The van der Waals surface area contributed by atoms with E-state index in [1.165, 1.54) is 18.3 Å². The van der Waals surface area contributed by atoms with Crippen LogP contribution in [0.5, 0.6) is 0 Å². The van der Waals surface area contributed by atoms with E-state index in [0.29, 0.717) is 51.1 Å². The minimum absolute atomic E-state index is 0.0676. The number of anilines is 1. The zero-order valence-electron chi connectivity index (χ0n) is 25.0. The lowest BCUT2D eigenvalue weighted by Crippen LogP contribution is -2.51. The minimum Gasteiger partial charge on any atom is -0.444 e. The van der Waals surface area contributed by atoms with Crippen LogP contribution in [0.1, 0.15) is 74.9 Å². The standard InChI is InChI=1S/C30H40F2N6O4S/c1-5-30(9-12-38(13-10-30)28(41)42-29(2,3)4)36-22-8-11-34-26(39)23(22)25(33)35-19-6-7-20(21(18-19)24(31)32)27(40)37-14-16-43-17-15-37/h6-8,11,18,24H,5,9-10,12-17H2,1-4H3,(H2,33,35)(H2,34,36,39). The molecule has 2 fully saturated rings. The maximum absolute atomic E-state index is 14.1. The zero-order valence-corrected chi connectivity index (χ0v) is 25.9. The van der Waals surface area contributed by atoms with Crippen LogP contribution in [0.2, 0.25) is 0 Å². The molecule has 2 saturated heterocycles.